The Morgan fingerprint density at radius 2 is 1.79 bits per heavy atom. The van der Waals surface area contributed by atoms with E-state index in [-0.39, 0.29) is 15.6 Å². The van der Waals surface area contributed by atoms with Crippen LogP contribution in [0.3, 0.4) is 0 Å². The molecule has 0 saturated heterocycles. The van der Waals surface area contributed by atoms with Gasteiger partial charge in [-0.1, -0.05) is 41.9 Å². The second kappa shape index (κ2) is 6.56. The lowest BCUT2D eigenvalue weighted by atomic mass is 10.2. The monoisotopic (exact) mass is 361 g/mol. The van der Waals surface area contributed by atoms with Crippen LogP contribution in [-0.4, -0.2) is 19.3 Å². The van der Waals surface area contributed by atoms with Crippen molar-refractivity contribution in [2.75, 3.05) is 0 Å². The standard InChI is InChI=1S/C16H12ClN3O3S/c17-12-5-3-6-13(10-12)24(22,23)20-19-16(21)15-9-8-11-4-1-2-7-14(11)18-15/h1-10,20H,(H,19,21). The molecule has 0 fully saturated rings. The summed E-state index contributed by atoms with van der Waals surface area (Å²) in [6.07, 6.45) is 0. The number of sulfonamides is 1. The summed E-state index contributed by atoms with van der Waals surface area (Å²) in [4.78, 5) is 18.3. The first-order valence-corrected chi connectivity index (χ1v) is 8.75. The zero-order valence-electron chi connectivity index (χ0n) is 12.2. The number of para-hydroxylation sites is 1. The molecule has 0 radical (unpaired) electrons. The largest absolute Gasteiger partial charge is 0.284 e. The summed E-state index contributed by atoms with van der Waals surface area (Å²) >= 11 is 5.78. The number of hydrogen-bond acceptors (Lipinski definition) is 4. The highest BCUT2D eigenvalue weighted by Gasteiger charge is 2.16. The molecule has 0 aliphatic heterocycles. The summed E-state index contributed by atoms with van der Waals surface area (Å²) in [6, 6.07) is 16.3. The number of amides is 1. The molecule has 0 aliphatic rings. The number of rotatable bonds is 4. The van der Waals surface area contributed by atoms with Gasteiger partial charge in [0.1, 0.15) is 5.69 Å². The van der Waals surface area contributed by atoms with Gasteiger partial charge in [-0.3, -0.25) is 10.2 Å². The van der Waals surface area contributed by atoms with Crippen LogP contribution < -0.4 is 10.3 Å². The molecule has 1 heterocycles. The van der Waals surface area contributed by atoms with Crippen LogP contribution in [0, 0.1) is 0 Å². The van der Waals surface area contributed by atoms with Crippen molar-refractivity contribution in [3.63, 3.8) is 0 Å². The summed E-state index contributed by atoms with van der Waals surface area (Å²) in [5, 5.41) is 1.16. The van der Waals surface area contributed by atoms with Gasteiger partial charge in [-0.05, 0) is 30.3 Å². The lowest BCUT2D eigenvalue weighted by Crippen LogP contribution is -2.41. The summed E-state index contributed by atoms with van der Waals surface area (Å²) in [5.41, 5.74) is 2.88. The van der Waals surface area contributed by atoms with Crippen LogP contribution in [0.25, 0.3) is 10.9 Å². The minimum absolute atomic E-state index is 0.0539. The van der Waals surface area contributed by atoms with Gasteiger partial charge < -0.3 is 0 Å². The molecule has 3 aromatic rings. The van der Waals surface area contributed by atoms with Gasteiger partial charge in [-0.25, -0.2) is 13.4 Å². The van der Waals surface area contributed by atoms with Gasteiger partial charge in [-0.15, -0.1) is 4.83 Å². The van der Waals surface area contributed by atoms with Gasteiger partial charge in [0.25, 0.3) is 15.9 Å². The summed E-state index contributed by atoms with van der Waals surface area (Å²) in [6.45, 7) is 0. The fourth-order valence-electron chi connectivity index (χ4n) is 2.06. The van der Waals surface area contributed by atoms with E-state index in [9.17, 15) is 13.2 Å². The van der Waals surface area contributed by atoms with Gasteiger partial charge >= 0.3 is 0 Å². The maximum atomic E-state index is 12.1. The predicted octanol–water partition coefficient (Wildman–Crippen LogP) is 2.51. The molecule has 8 heteroatoms. The van der Waals surface area contributed by atoms with E-state index in [1.807, 2.05) is 17.0 Å². The third-order valence-electron chi connectivity index (χ3n) is 3.24. The van der Waals surface area contributed by atoms with Crippen LogP contribution in [-0.2, 0) is 10.0 Å². The second-order valence-corrected chi connectivity index (χ2v) is 7.03. The van der Waals surface area contributed by atoms with Crippen molar-refractivity contribution < 1.29 is 13.2 Å². The first kappa shape index (κ1) is 16.4. The van der Waals surface area contributed by atoms with Crippen LogP contribution in [0.15, 0.2) is 65.6 Å². The molecule has 1 aromatic heterocycles. The van der Waals surface area contributed by atoms with Crippen molar-refractivity contribution in [1.82, 2.24) is 15.2 Å². The number of pyridine rings is 1. The molecule has 3 rings (SSSR count). The molecule has 0 spiro atoms. The Kier molecular flexibility index (Phi) is 4.48. The zero-order chi connectivity index (χ0) is 17.2. The van der Waals surface area contributed by atoms with Gasteiger partial charge in [-0.2, -0.15) is 0 Å². The number of carbonyl (C=O) groups is 1. The molecule has 2 N–H and O–H groups in total. The topological polar surface area (TPSA) is 88.2 Å². The van der Waals surface area contributed by atoms with Crippen LogP contribution in [0.4, 0.5) is 0 Å². The molecule has 0 bridgehead atoms. The molecule has 2 aromatic carbocycles. The third kappa shape index (κ3) is 3.53. The van der Waals surface area contributed by atoms with Crippen LogP contribution in [0.1, 0.15) is 10.5 Å². The molecular formula is C16H12ClN3O3S. The molecule has 0 saturated carbocycles. The van der Waals surface area contributed by atoms with E-state index in [2.05, 4.69) is 10.4 Å². The maximum Gasteiger partial charge on any atom is 0.284 e. The Morgan fingerprint density at radius 3 is 2.58 bits per heavy atom. The number of fused-ring (bicyclic) bond motifs is 1. The highest BCUT2D eigenvalue weighted by molar-refractivity contribution is 7.89. The van der Waals surface area contributed by atoms with E-state index in [4.69, 9.17) is 11.6 Å². The molecular weight excluding hydrogens is 350 g/mol. The number of nitrogens with one attached hydrogen (secondary N) is 2. The van der Waals surface area contributed by atoms with E-state index in [1.165, 1.54) is 24.3 Å². The SMILES string of the molecule is O=C(NNS(=O)(=O)c1cccc(Cl)c1)c1ccc2ccccc2n1. The first-order valence-electron chi connectivity index (χ1n) is 6.89. The number of hydrazine groups is 1. The number of aromatic nitrogens is 1. The molecule has 24 heavy (non-hydrogen) atoms. The van der Waals surface area contributed by atoms with Gasteiger partial charge in [0.15, 0.2) is 0 Å². The van der Waals surface area contributed by atoms with Gasteiger partial charge in [0.2, 0.25) is 0 Å². The Balaban J connectivity index is 1.76. The lowest BCUT2D eigenvalue weighted by Gasteiger charge is -2.08. The minimum atomic E-state index is -3.92. The van der Waals surface area contributed by atoms with Gasteiger partial charge in [0, 0.05) is 10.4 Å². The van der Waals surface area contributed by atoms with Crippen molar-refractivity contribution >= 4 is 38.4 Å². The minimum Gasteiger partial charge on any atom is -0.272 e. The number of halogens is 1. The van der Waals surface area contributed by atoms with Gasteiger partial charge in [0.05, 0.1) is 10.4 Å². The lowest BCUT2D eigenvalue weighted by molar-refractivity contribution is 0.0940. The fraction of sp³-hybridized carbons (Fsp3) is 0. The predicted molar refractivity (Wildman–Crippen MR) is 91.0 cm³/mol. The van der Waals surface area contributed by atoms with E-state index in [1.54, 1.807) is 24.3 Å². The van der Waals surface area contributed by atoms with Crippen molar-refractivity contribution in [3.05, 3.63) is 71.4 Å². The summed E-state index contributed by atoms with van der Waals surface area (Å²) in [5.74, 6) is -0.661. The second-order valence-electron chi connectivity index (χ2n) is 4.91. The smallest absolute Gasteiger partial charge is 0.272 e. The Morgan fingerprint density at radius 1 is 1.00 bits per heavy atom. The van der Waals surface area contributed by atoms with Crippen molar-refractivity contribution in [1.29, 1.82) is 0 Å². The quantitative estimate of drug-likeness (QED) is 0.699. The van der Waals surface area contributed by atoms with Crippen LogP contribution in [0.2, 0.25) is 5.02 Å². The normalized spacial score (nSPS) is 11.4. The zero-order valence-corrected chi connectivity index (χ0v) is 13.8. The molecule has 122 valence electrons. The number of nitrogens with zero attached hydrogens (tertiary/aromatic N) is 1. The number of benzene rings is 2. The highest BCUT2D eigenvalue weighted by Crippen LogP contribution is 2.15. The molecule has 0 atom stereocenters. The molecule has 0 aliphatic carbocycles. The fourth-order valence-corrected chi connectivity index (χ4v) is 3.20. The Labute approximate surface area is 143 Å². The average Bonchev–Trinajstić information content (AvgIpc) is 2.59. The van der Waals surface area contributed by atoms with E-state index < -0.39 is 15.9 Å². The Bertz CT molecular complexity index is 1020. The van der Waals surface area contributed by atoms with Crippen LogP contribution >= 0.6 is 11.6 Å². The van der Waals surface area contributed by atoms with Crippen LogP contribution in [0.5, 0.6) is 0 Å². The number of carbonyl (C=O) groups excluding carboxylic acids is 1. The van der Waals surface area contributed by atoms with Crippen molar-refractivity contribution in [2.24, 2.45) is 0 Å². The molecule has 1 amide bonds. The van der Waals surface area contributed by atoms with Crippen molar-refractivity contribution in [2.45, 2.75) is 4.90 Å². The molecule has 6 nitrogen and oxygen atoms in total. The molecule has 0 unspecified atom stereocenters. The third-order valence-corrected chi connectivity index (χ3v) is 4.72. The highest BCUT2D eigenvalue weighted by atomic mass is 35.5. The number of hydrogen-bond donors (Lipinski definition) is 2. The summed E-state index contributed by atoms with van der Waals surface area (Å²) in [7, 11) is -3.92. The van der Waals surface area contributed by atoms with E-state index in [0.717, 1.165) is 5.39 Å². The summed E-state index contributed by atoms with van der Waals surface area (Å²) < 4.78 is 24.3. The maximum absolute atomic E-state index is 12.1. The van der Waals surface area contributed by atoms with E-state index >= 15 is 0 Å². The first-order chi connectivity index (χ1) is 11.5. The Hall–Kier alpha value is -2.48. The van der Waals surface area contributed by atoms with Crippen molar-refractivity contribution in [3.8, 4) is 0 Å². The van der Waals surface area contributed by atoms with E-state index in [0.29, 0.717) is 5.52 Å². The average molecular weight is 362 g/mol.